The first-order chi connectivity index (χ1) is 16.1. The first-order valence-electron chi connectivity index (χ1n) is 10.8. The molecule has 0 bridgehead atoms. The molecule has 3 aromatic carbocycles. The van der Waals surface area contributed by atoms with Gasteiger partial charge in [0.1, 0.15) is 22.8 Å². The van der Waals surface area contributed by atoms with Gasteiger partial charge >= 0.3 is 0 Å². The van der Waals surface area contributed by atoms with Crippen molar-refractivity contribution in [1.82, 2.24) is 14.5 Å². The summed E-state index contributed by atoms with van der Waals surface area (Å²) in [7, 11) is 0. The maximum atomic E-state index is 10.3. The Bertz CT molecular complexity index is 1670. The number of aryl methyl sites for hydroxylation is 2. The third-order valence-electron chi connectivity index (χ3n) is 5.99. The second-order valence-corrected chi connectivity index (χ2v) is 8.28. The van der Waals surface area contributed by atoms with Crippen LogP contribution in [0.4, 0.5) is 0 Å². The highest BCUT2D eigenvalue weighted by Crippen LogP contribution is 2.35. The second kappa shape index (κ2) is 7.35. The van der Waals surface area contributed by atoms with E-state index in [4.69, 9.17) is 4.74 Å². The summed E-state index contributed by atoms with van der Waals surface area (Å²) in [5, 5.41) is 13.5. The Morgan fingerprint density at radius 3 is 2.45 bits per heavy atom. The quantitative estimate of drug-likeness (QED) is 0.333. The molecule has 6 aromatic rings. The molecule has 1 N–H and O–H groups in total. The molecule has 0 aliphatic rings. The van der Waals surface area contributed by atoms with Gasteiger partial charge < -0.3 is 9.84 Å². The summed E-state index contributed by atoms with van der Waals surface area (Å²) in [6.07, 6.45) is 1.88. The van der Waals surface area contributed by atoms with Gasteiger partial charge in [0.25, 0.3) is 0 Å². The number of aromatic nitrogens is 3. The molecular weight excluding hydrogens is 410 g/mol. The lowest BCUT2D eigenvalue weighted by atomic mass is 10.1. The van der Waals surface area contributed by atoms with E-state index in [1.165, 1.54) is 0 Å². The van der Waals surface area contributed by atoms with Gasteiger partial charge in [-0.25, -0.2) is 9.97 Å². The molecule has 0 aliphatic heterocycles. The standard InChI is InChI=1S/C28H21N3O2/c1-17-10-13-26(29-16-17)31-23-8-4-3-6-21(23)22-12-11-19(15-24(22)31)33-27-14-18(2)20-7-5-9-25(32)28(20)30-27/h3-16,32H,1-2H3. The Balaban J connectivity index is 1.52. The lowest BCUT2D eigenvalue weighted by molar-refractivity contribution is 0.460. The SMILES string of the molecule is Cc1ccc(-n2c3ccccc3c3ccc(Oc4cc(C)c5cccc(O)c5n4)cc32)nc1. The van der Waals surface area contributed by atoms with E-state index in [1.54, 1.807) is 6.07 Å². The lowest BCUT2D eigenvalue weighted by Crippen LogP contribution is -1.97. The first-order valence-corrected chi connectivity index (χ1v) is 10.8. The molecule has 5 nitrogen and oxygen atoms in total. The fourth-order valence-corrected chi connectivity index (χ4v) is 4.40. The molecule has 0 atom stereocenters. The van der Waals surface area contributed by atoms with E-state index in [1.807, 2.05) is 68.6 Å². The number of hydrogen-bond donors (Lipinski definition) is 1. The van der Waals surface area contributed by atoms with Crippen molar-refractivity contribution in [3.8, 4) is 23.2 Å². The van der Waals surface area contributed by atoms with Crippen LogP contribution >= 0.6 is 0 Å². The largest absolute Gasteiger partial charge is 0.506 e. The Hall–Kier alpha value is -4.38. The molecule has 0 fully saturated rings. The fraction of sp³-hybridized carbons (Fsp3) is 0.0714. The highest BCUT2D eigenvalue weighted by molar-refractivity contribution is 6.09. The number of fused-ring (bicyclic) bond motifs is 4. The van der Waals surface area contributed by atoms with Crippen molar-refractivity contribution in [2.75, 3.05) is 0 Å². The minimum Gasteiger partial charge on any atom is -0.506 e. The third-order valence-corrected chi connectivity index (χ3v) is 5.99. The molecule has 0 amide bonds. The topological polar surface area (TPSA) is 60.2 Å². The predicted octanol–water partition coefficient (Wildman–Crippen LogP) is 6.84. The summed E-state index contributed by atoms with van der Waals surface area (Å²) in [5.74, 6) is 2.10. The van der Waals surface area contributed by atoms with Crippen LogP contribution in [0.2, 0.25) is 0 Å². The van der Waals surface area contributed by atoms with Gasteiger partial charge in [0.15, 0.2) is 0 Å². The molecule has 6 rings (SSSR count). The normalized spacial score (nSPS) is 11.5. The highest BCUT2D eigenvalue weighted by Gasteiger charge is 2.14. The first kappa shape index (κ1) is 19.3. The van der Waals surface area contributed by atoms with Crippen LogP contribution in [-0.2, 0) is 0 Å². The van der Waals surface area contributed by atoms with Crippen LogP contribution in [0.15, 0.2) is 85.1 Å². The number of para-hydroxylation sites is 2. The van der Waals surface area contributed by atoms with E-state index in [0.29, 0.717) is 17.1 Å². The van der Waals surface area contributed by atoms with Gasteiger partial charge in [0.2, 0.25) is 5.88 Å². The van der Waals surface area contributed by atoms with Crippen LogP contribution in [0.3, 0.4) is 0 Å². The van der Waals surface area contributed by atoms with Crippen molar-refractivity contribution in [3.05, 3.63) is 96.2 Å². The average Bonchev–Trinajstić information content (AvgIpc) is 3.14. The number of rotatable bonds is 3. The van der Waals surface area contributed by atoms with Gasteiger partial charge in [0, 0.05) is 34.5 Å². The van der Waals surface area contributed by atoms with E-state index in [9.17, 15) is 5.11 Å². The Morgan fingerprint density at radius 1 is 0.788 bits per heavy atom. The zero-order valence-corrected chi connectivity index (χ0v) is 18.3. The second-order valence-electron chi connectivity index (χ2n) is 8.28. The van der Waals surface area contributed by atoms with Crippen molar-refractivity contribution in [1.29, 1.82) is 0 Å². The third kappa shape index (κ3) is 3.17. The smallest absolute Gasteiger partial charge is 0.220 e. The van der Waals surface area contributed by atoms with Crippen LogP contribution in [0.25, 0.3) is 38.5 Å². The van der Waals surface area contributed by atoms with Gasteiger partial charge in [-0.05, 0) is 55.3 Å². The van der Waals surface area contributed by atoms with Gasteiger partial charge in [0.05, 0.1) is 11.0 Å². The number of hydrogen-bond acceptors (Lipinski definition) is 4. The molecule has 5 heteroatoms. The number of phenolic OH excluding ortho intramolecular Hbond substituents is 1. The Morgan fingerprint density at radius 2 is 1.61 bits per heavy atom. The minimum atomic E-state index is 0.141. The maximum absolute atomic E-state index is 10.3. The molecule has 0 aliphatic carbocycles. The molecule has 33 heavy (non-hydrogen) atoms. The Labute approximate surface area is 190 Å². The molecule has 0 spiro atoms. The molecule has 3 aromatic heterocycles. The van der Waals surface area contributed by atoms with Crippen LogP contribution in [-0.4, -0.2) is 19.6 Å². The number of phenols is 1. The summed E-state index contributed by atoms with van der Waals surface area (Å²) < 4.78 is 8.34. The molecule has 0 unspecified atom stereocenters. The van der Waals surface area contributed by atoms with Crippen molar-refractivity contribution in [2.24, 2.45) is 0 Å². The summed E-state index contributed by atoms with van der Waals surface area (Å²) in [4.78, 5) is 9.22. The number of nitrogens with zero attached hydrogens (tertiary/aromatic N) is 3. The minimum absolute atomic E-state index is 0.141. The van der Waals surface area contributed by atoms with E-state index in [0.717, 1.165) is 44.1 Å². The van der Waals surface area contributed by atoms with Crippen LogP contribution < -0.4 is 4.74 Å². The summed E-state index contributed by atoms with van der Waals surface area (Å²) in [5.41, 5.74) is 4.73. The molecule has 0 saturated heterocycles. The van der Waals surface area contributed by atoms with Gasteiger partial charge in [-0.3, -0.25) is 4.57 Å². The van der Waals surface area contributed by atoms with Gasteiger partial charge in [-0.1, -0.05) is 36.4 Å². The Kier molecular flexibility index (Phi) is 4.30. The number of aromatic hydroxyl groups is 1. The lowest BCUT2D eigenvalue weighted by Gasteiger charge is -2.10. The van der Waals surface area contributed by atoms with Crippen molar-refractivity contribution in [2.45, 2.75) is 13.8 Å². The van der Waals surface area contributed by atoms with E-state index in [2.05, 4.69) is 38.8 Å². The molecular formula is C28H21N3O2. The van der Waals surface area contributed by atoms with Crippen LogP contribution in [0.1, 0.15) is 11.1 Å². The molecule has 3 heterocycles. The average molecular weight is 431 g/mol. The fourth-order valence-electron chi connectivity index (χ4n) is 4.40. The zero-order valence-electron chi connectivity index (χ0n) is 18.3. The summed E-state index contributed by atoms with van der Waals surface area (Å²) in [6.45, 7) is 4.02. The summed E-state index contributed by atoms with van der Waals surface area (Å²) >= 11 is 0. The van der Waals surface area contributed by atoms with Crippen molar-refractivity contribution in [3.63, 3.8) is 0 Å². The monoisotopic (exact) mass is 431 g/mol. The van der Waals surface area contributed by atoms with E-state index >= 15 is 0 Å². The molecule has 160 valence electrons. The number of pyridine rings is 2. The van der Waals surface area contributed by atoms with Gasteiger partial charge in [-0.15, -0.1) is 0 Å². The molecule has 0 saturated carbocycles. The number of ether oxygens (including phenoxy) is 1. The number of benzene rings is 3. The zero-order chi connectivity index (χ0) is 22.5. The summed E-state index contributed by atoms with van der Waals surface area (Å²) in [6, 6.07) is 25.8. The van der Waals surface area contributed by atoms with Crippen LogP contribution in [0.5, 0.6) is 17.4 Å². The highest BCUT2D eigenvalue weighted by atomic mass is 16.5. The van der Waals surface area contributed by atoms with E-state index < -0.39 is 0 Å². The van der Waals surface area contributed by atoms with Crippen molar-refractivity contribution < 1.29 is 9.84 Å². The maximum Gasteiger partial charge on any atom is 0.220 e. The van der Waals surface area contributed by atoms with E-state index in [-0.39, 0.29) is 5.75 Å². The van der Waals surface area contributed by atoms with Crippen molar-refractivity contribution >= 4 is 32.7 Å². The van der Waals surface area contributed by atoms with Gasteiger partial charge in [-0.2, -0.15) is 0 Å². The van der Waals surface area contributed by atoms with Crippen LogP contribution in [0, 0.1) is 13.8 Å². The molecule has 0 radical (unpaired) electrons. The predicted molar refractivity (Wildman–Crippen MR) is 132 cm³/mol.